The first-order chi connectivity index (χ1) is 8.65. The molecule has 1 spiro atoms. The summed E-state index contributed by atoms with van der Waals surface area (Å²) in [6.45, 7) is 6.22. The number of likely N-dealkylation sites (tertiary alicyclic amines) is 1. The van der Waals surface area contributed by atoms with Crippen LogP contribution in [0.5, 0.6) is 0 Å². The van der Waals surface area contributed by atoms with Gasteiger partial charge in [-0.3, -0.25) is 0 Å². The molecule has 2 fully saturated rings. The minimum atomic E-state index is -2.76. The van der Waals surface area contributed by atoms with Gasteiger partial charge < -0.3 is 15.0 Å². The Morgan fingerprint density at radius 1 is 1.30 bits per heavy atom. The smallest absolute Gasteiger partial charge is 0.410 e. The number of nitrogens with one attached hydrogen (secondary N) is 1. The topological polar surface area (TPSA) is 41.6 Å². The first-order valence-corrected chi connectivity index (χ1v) is 6.76. The summed E-state index contributed by atoms with van der Waals surface area (Å²) in [5.41, 5.74) is -1.86. The lowest BCUT2D eigenvalue weighted by molar-refractivity contribution is -0.108. The standard InChI is InChI=1S/C13H22F2N2O2.ClH/c1-11(2,3)19-10(18)17-8-6-12(9-17)13(14,15)5-4-7-16-12;/h16H,4-9H2,1-3H3;1H. The van der Waals surface area contributed by atoms with Gasteiger partial charge >= 0.3 is 6.09 Å². The number of piperidine rings is 1. The largest absolute Gasteiger partial charge is 0.444 e. The van der Waals surface area contributed by atoms with Crippen molar-refractivity contribution in [2.75, 3.05) is 19.6 Å². The Bertz CT molecular complexity index is 374. The highest BCUT2D eigenvalue weighted by Gasteiger charge is 2.58. The van der Waals surface area contributed by atoms with Crippen molar-refractivity contribution in [1.82, 2.24) is 10.2 Å². The van der Waals surface area contributed by atoms with Crippen LogP contribution in [0.4, 0.5) is 13.6 Å². The normalized spacial score (nSPS) is 29.1. The summed E-state index contributed by atoms with van der Waals surface area (Å²) < 4.78 is 33.4. The highest BCUT2D eigenvalue weighted by Crippen LogP contribution is 2.42. The van der Waals surface area contributed by atoms with E-state index in [4.69, 9.17) is 4.74 Å². The third kappa shape index (κ3) is 3.34. The summed E-state index contributed by atoms with van der Waals surface area (Å²) in [6.07, 6.45) is 0.135. The minimum absolute atomic E-state index is 0. The van der Waals surface area contributed by atoms with Crippen molar-refractivity contribution in [1.29, 1.82) is 0 Å². The summed E-state index contributed by atoms with van der Waals surface area (Å²) in [5, 5.41) is 2.93. The maximum absolute atomic E-state index is 14.1. The molecule has 2 aliphatic rings. The maximum Gasteiger partial charge on any atom is 0.410 e. The van der Waals surface area contributed by atoms with Crippen molar-refractivity contribution in [3.8, 4) is 0 Å². The fraction of sp³-hybridized carbons (Fsp3) is 0.923. The van der Waals surface area contributed by atoms with E-state index in [0.29, 0.717) is 19.5 Å². The van der Waals surface area contributed by atoms with Crippen molar-refractivity contribution in [3.05, 3.63) is 0 Å². The maximum atomic E-state index is 14.1. The first kappa shape index (κ1) is 17.4. The lowest BCUT2D eigenvalue weighted by Crippen LogP contribution is -2.63. The van der Waals surface area contributed by atoms with Crippen molar-refractivity contribution in [2.24, 2.45) is 0 Å². The molecule has 0 saturated carbocycles. The van der Waals surface area contributed by atoms with Crippen LogP contribution in [0.3, 0.4) is 0 Å². The molecule has 0 bridgehead atoms. The quantitative estimate of drug-likeness (QED) is 0.748. The zero-order valence-corrected chi connectivity index (χ0v) is 13.0. The van der Waals surface area contributed by atoms with Crippen LogP contribution in [0.25, 0.3) is 0 Å². The van der Waals surface area contributed by atoms with E-state index in [0.717, 1.165) is 0 Å². The molecule has 0 aromatic carbocycles. The van der Waals surface area contributed by atoms with E-state index < -0.39 is 23.2 Å². The molecule has 118 valence electrons. The Morgan fingerprint density at radius 3 is 2.50 bits per heavy atom. The number of ether oxygens (including phenoxy) is 1. The number of rotatable bonds is 0. The average Bonchev–Trinajstić information content (AvgIpc) is 2.66. The molecule has 0 aromatic heterocycles. The number of hydrogen-bond donors (Lipinski definition) is 1. The van der Waals surface area contributed by atoms with Gasteiger partial charge in [-0.15, -0.1) is 12.4 Å². The molecule has 4 nitrogen and oxygen atoms in total. The number of alkyl halides is 2. The van der Waals surface area contributed by atoms with Crippen molar-refractivity contribution in [3.63, 3.8) is 0 Å². The molecule has 2 saturated heterocycles. The number of halogens is 3. The first-order valence-electron chi connectivity index (χ1n) is 6.76. The van der Waals surface area contributed by atoms with Gasteiger partial charge in [0, 0.05) is 19.5 Å². The van der Waals surface area contributed by atoms with Crippen LogP contribution in [0, 0.1) is 0 Å². The van der Waals surface area contributed by atoms with Crippen molar-refractivity contribution >= 4 is 18.5 Å². The Labute approximate surface area is 124 Å². The fourth-order valence-electron chi connectivity index (χ4n) is 2.74. The van der Waals surface area contributed by atoms with Gasteiger partial charge in [0.05, 0.1) is 0 Å². The molecular formula is C13H23ClF2N2O2. The van der Waals surface area contributed by atoms with Crippen molar-refractivity contribution < 1.29 is 18.3 Å². The van der Waals surface area contributed by atoms with Gasteiger partial charge in [0.2, 0.25) is 0 Å². The number of hydrogen-bond acceptors (Lipinski definition) is 3. The van der Waals surface area contributed by atoms with E-state index in [-0.39, 0.29) is 31.8 Å². The van der Waals surface area contributed by atoms with Gasteiger partial charge in [0.15, 0.2) is 0 Å². The summed E-state index contributed by atoms with van der Waals surface area (Å²) in [4.78, 5) is 13.3. The van der Waals surface area contributed by atoms with E-state index in [1.807, 2.05) is 0 Å². The molecule has 0 aliphatic carbocycles. The summed E-state index contributed by atoms with van der Waals surface area (Å²) >= 11 is 0. The third-order valence-corrected chi connectivity index (χ3v) is 3.75. The monoisotopic (exact) mass is 312 g/mol. The second-order valence-corrected chi connectivity index (χ2v) is 6.47. The van der Waals surface area contributed by atoms with E-state index >= 15 is 0 Å². The van der Waals surface area contributed by atoms with Crippen LogP contribution in [0.2, 0.25) is 0 Å². The van der Waals surface area contributed by atoms with Gasteiger partial charge in [-0.2, -0.15) is 0 Å². The Morgan fingerprint density at radius 2 is 1.95 bits per heavy atom. The highest BCUT2D eigenvalue weighted by molar-refractivity contribution is 5.85. The molecule has 1 N–H and O–H groups in total. The SMILES string of the molecule is CC(C)(C)OC(=O)N1CCC2(C1)NCCCC2(F)F.Cl. The molecule has 20 heavy (non-hydrogen) atoms. The van der Waals surface area contributed by atoms with Gasteiger partial charge in [-0.05, 0) is 40.2 Å². The molecular weight excluding hydrogens is 290 g/mol. The second-order valence-electron chi connectivity index (χ2n) is 6.47. The van der Waals surface area contributed by atoms with Gasteiger partial charge in [0.1, 0.15) is 11.1 Å². The zero-order valence-electron chi connectivity index (χ0n) is 12.2. The Balaban J connectivity index is 0.00000200. The molecule has 1 unspecified atom stereocenters. The number of carbonyl (C=O) groups excluding carboxylic acids is 1. The number of carbonyl (C=O) groups is 1. The summed E-state index contributed by atoms with van der Waals surface area (Å²) in [7, 11) is 0. The van der Waals surface area contributed by atoms with Crippen molar-refractivity contribution in [2.45, 2.75) is 57.1 Å². The van der Waals surface area contributed by atoms with Crippen LogP contribution >= 0.6 is 12.4 Å². The molecule has 1 amide bonds. The Kier molecular flexibility index (Phi) is 4.91. The number of nitrogens with zero attached hydrogens (tertiary/aromatic N) is 1. The van der Waals surface area contributed by atoms with E-state index in [2.05, 4.69) is 5.32 Å². The van der Waals surface area contributed by atoms with Crippen LogP contribution in [0.15, 0.2) is 0 Å². The lowest BCUT2D eigenvalue weighted by Gasteiger charge is -2.41. The van der Waals surface area contributed by atoms with Crippen LogP contribution in [-0.4, -0.2) is 47.7 Å². The van der Waals surface area contributed by atoms with E-state index in [1.165, 1.54) is 4.90 Å². The van der Waals surface area contributed by atoms with E-state index in [1.54, 1.807) is 20.8 Å². The van der Waals surface area contributed by atoms with E-state index in [9.17, 15) is 13.6 Å². The molecule has 2 rings (SSSR count). The molecule has 0 radical (unpaired) electrons. The molecule has 1 atom stereocenters. The Hall–Kier alpha value is -0.620. The highest BCUT2D eigenvalue weighted by atomic mass is 35.5. The van der Waals surface area contributed by atoms with Gasteiger partial charge in [-0.25, -0.2) is 13.6 Å². The fourth-order valence-corrected chi connectivity index (χ4v) is 2.74. The van der Waals surface area contributed by atoms with Crippen LogP contribution in [-0.2, 0) is 4.74 Å². The van der Waals surface area contributed by atoms with Crippen LogP contribution < -0.4 is 5.32 Å². The molecule has 7 heteroatoms. The van der Waals surface area contributed by atoms with Crippen LogP contribution in [0.1, 0.15) is 40.0 Å². The van der Waals surface area contributed by atoms with Gasteiger partial charge in [-0.1, -0.05) is 0 Å². The summed E-state index contributed by atoms with van der Waals surface area (Å²) in [5.74, 6) is -2.76. The predicted octanol–water partition coefficient (Wildman–Crippen LogP) is 2.81. The molecule has 2 heterocycles. The zero-order chi connectivity index (χ0) is 14.3. The summed E-state index contributed by atoms with van der Waals surface area (Å²) in [6, 6.07) is 0. The molecule has 2 aliphatic heterocycles. The second kappa shape index (κ2) is 5.64. The predicted molar refractivity (Wildman–Crippen MR) is 74.6 cm³/mol. The third-order valence-electron chi connectivity index (χ3n) is 3.75. The number of amides is 1. The average molecular weight is 313 g/mol. The van der Waals surface area contributed by atoms with Gasteiger partial charge in [0.25, 0.3) is 5.92 Å². The lowest BCUT2D eigenvalue weighted by atomic mass is 9.84. The minimum Gasteiger partial charge on any atom is -0.444 e. The molecule has 0 aromatic rings.